The normalized spacial score (nSPS) is 18.1. The van der Waals surface area contributed by atoms with E-state index in [9.17, 15) is 10.1 Å². The van der Waals surface area contributed by atoms with E-state index in [4.69, 9.17) is 4.74 Å². The topological polar surface area (TPSA) is 71.6 Å². The van der Waals surface area contributed by atoms with Crippen LogP contribution in [0.4, 0.5) is 11.4 Å². The Hall–Kier alpha value is -2.04. The van der Waals surface area contributed by atoms with Crippen LogP contribution < -0.4 is 5.30 Å². The van der Waals surface area contributed by atoms with Gasteiger partial charge in [-0.2, -0.15) is 0 Å². The fourth-order valence-corrected chi connectivity index (χ4v) is 8.32. The van der Waals surface area contributed by atoms with Crippen molar-refractivity contribution in [1.82, 2.24) is 9.65 Å². The Morgan fingerprint density at radius 1 is 1.00 bits per heavy atom. The molecule has 7 heteroatoms. The van der Waals surface area contributed by atoms with Gasteiger partial charge in [-0.05, 0) is 37.1 Å². The second-order valence-corrected chi connectivity index (χ2v) is 12.0. The van der Waals surface area contributed by atoms with Crippen molar-refractivity contribution in [2.45, 2.75) is 51.6 Å². The maximum Gasteiger partial charge on any atom is 0.269 e. The number of pyridine rings is 1. The monoisotopic (exact) mass is 400 g/mol. The van der Waals surface area contributed by atoms with Crippen LogP contribution in [0.1, 0.15) is 46.5 Å². The molecule has 0 saturated carbocycles. The molecule has 0 aliphatic carbocycles. The molecule has 0 spiro atoms. The summed E-state index contributed by atoms with van der Waals surface area (Å²) in [5, 5.41) is 12.2. The van der Waals surface area contributed by atoms with Crippen molar-refractivity contribution >= 4 is 23.9 Å². The Bertz CT molecular complexity index is 852. The summed E-state index contributed by atoms with van der Waals surface area (Å²) in [5.41, 5.74) is 0.896. The molecular weight excluding hydrogens is 371 g/mol. The lowest BCUT2D eigenvalue weighted by Gasteiger charge is -2.45. The van der Waals surface area contributed by atoms with Gasteiger partial charge in [0.1, 0.15) is 0 Å². The number of hydrogen-bond acceptors (Lipinski definition) is 4. The van der Waals surface area contributed by atoms with Crippen molar-refractivity contribution < 1.29 is 4.92 Å². The molecule has 1 aromatic carbocycles. The number of nitrogens with zero attached hydrogens (tertiary/aromatic N) is 4. The lowest BCUT2D eigenvalue weighted by atomic mass is 10.2. The van der Waals surface area contributed by atoms with Gasteiger partial charge in [-0.25, -0.2) is 4.74 Å². The smallest absolute Gasteiger partial charge is 0.265 e. The molecule has 2 heterocycles. The number of non-ortho nitro benzene ring substituents is 1. The molecule has 1 saturated heterocycles. The lowest BCUT2D eigenvalue weighted by Crippen LogP contribution is -2.37. The van der Waals surface area contributed by atoms with Crippen LogP contribution in [0.3, 0.4) is 0 Å². The van der Waals surface area contributed by atoms with E-state index >= 15 is 0 Å². The Kier molecular flexibility index (Phi) is 6.31. The molecule has 3 rings (SSSR count). The zero-order chi connectivity index (χ0) is 20.2. The second kappa shape index (κ2) is 8.54. The number of benzene rings is 1. The fraction of sp³-hybridized carbons (Fsp3) is 0.476. The molecule has 1 fully saturated rings. The average Bonchev–Trinajstić information content (AvgIpc) is 2.96. The van der Waals surface area contributed by atoms with E-state index in [0.717, 1.165) is 18.8 Å². The summed E-state index contributed by atoms with van der Waals surface area (Å²) in [6.07, 6.45) is 8.57. The zero-order valence-corrected chi connectivity index (χ0v) is 17.8. The summed E-state index contributed by atoms with van der Waals surface area (Å²) in [5.74, 6) is 0. The van der Waals surface area contributed by atoms with Crippen molar-refractivity contribution in [3.63, 3.8) is 0 Å². The number of nitro benzene ring substituents is 1. The first-order valence-corrected chi connectivity index (χ1v) is 11.6. The average molecular weight is 400 g/mol. The van der Waals surface area contributed by atoms with Crippen LogP contribution in [0.15, 0.2) is 53.5 Å². The van der Waals surface area contributed by atoms with Crippen LogP contribution in [0.2, 0.25) is 0 Å². The number of aromatic nitrogens is 1. The van der Waals surface area contributed by atoms with Crippen molar-refractivity contribution in [2.24, 2.45) is 4.74 Å². The maximum absolute atomic E-state index is 11.0. The predicted molar refractivity (Wildman–Crippen MR) is 116 cm³/mol. The largest absolute Gasteiger partial charge is 0.269 e. The quantitative estimate of drug-likeness (QED) is 0.373. The first kappa shape index (κ1) is 20.7. The van der Waals surface area contributed by atoms with Gasteiger partial charge in [0.25, 0.3) is 5.69 Å². The zero-order valence-electron chi connectivity index (χ0n) is 16.9. The van der Waals surface area contributed by atoms with E-state index < -0.39 is 7.21 Å². The number of nitro groups is 1. The van der Waals surface area contributed by atoms with Gasteiger partial charge < -0.3 is 0 Å². The van der Waals surface area contributed by atoms with Gasteiger partial charge in [0.15, 0.2) is 0 Å². The van der Waals surface area contributed by atoms with E-state index in [1.54, 1.807) is 24.3 Å². The van der Waals surface area contributed by atoms with Gasteiger partial charge in [0.2, 0.25) is 0 Å². The Balaban J connectivity index is 2.23. The van der Waals surface area contributed by atoms with E-state index in [1.807, 2.05) is 12.4 Å². The minimum Gasteiger partial charge on any atom is -0.265 e. The molecule has 150 valence electrons. The summed E-state index contributed by atoms with van der Waals surface area (Å²) in [6, 6.07) is 10.8. The van der Waals surface area contributed by atoms with E-state index in [1.165, 1.54) is 31.0 Å². The van der Waals surface area contributed by atoms with Gasteiger partial charge in [-0.3, -0.25) is 19.8 Å². The van der Waals surface area contributed by atoms with Crippen LogP contribution >= 0.6 is 7.21 Å². The Morgan fingerprint density at radius 2 is 1.57 bits per heavy atom. The van der Waals surface area contributed by atoms with E-state index in [-0.39, 0.29) is 15.8 Å². The van der Waals surface area contributed by atoms with Crippen molar-refractivity contribution in [1.29, 1.82) is 0 Å². The van der Waals surface area contributed by atoms with Gasteiger partial charge in [0, 0.05) is 48.1 Å². The first-order valence-electron chi connectivity index (χ1n) is 9.87. The molecule has 0 unspecified atom stereocenters. The highest BCUT2D eigenvalue weighted by molar-refractivity contribution is 7.73. The van der Waals surface area contributed by atoms with Crippen LogP contribution in [0, 0.1) is 10.1 Å². The van der Waals surface area contributed by atoms with Crippen molar-refractivity contribution in [3.05, 3.63) is 58.9 Å². The molecule has 28 heavy (non-hydrogen) atoms. The van der Waals surface area contributed by atoms with Crippen molar-refractivity contribution in [3.8, 4) is 0 Å². The summed E-state index contributed by atoms with van der Waals surface area (Å²) >= 11 is 0. The first-order chi connectivity index (χ1) is 13.3. The molecule has 2 aromatic rings. The molecule has 6 nitrogen and oxygen atoms in total. The second-order valence-electron chi connectivity index (χ2n) is 8.22. The molecular formula is C21H29N4O2P. The standard InChI is InChI=1S/C21H29N4O2P/c1-21(2,3)28(20-12-14-22-15-13-20,24-16-6-4-5-7-17-24)23-18-8-10-19(11-9-18)25(26)27/h8-15H,4-7,16-17H2,1-3H3/t28-/m1/s1. The summed E-state index contributed by atoms with van der Waals surface area (Å²) < 4.78 is 7.99. The molecule has 0 amide bonds. The SMILES string of the molecule is CC(C)(C)[P@@](=Nc1ccc([N+](=O)[O-])cc1)(c1ccncc1)N1CCCCCC1. The van der Waals surface area contributed by atoms with Gasteiger partial charge in [-0.1, -0.05) is 33.6 Å². The maximum atomic E-state index is 11.0. The molecule has 0 N–H and O–H groups in total. The molecule has 1 aromatic heterocycles. The van der Waals surface area contributed by atoms with E-state index in [0.29, 0.717) is 0 Å². The van der Waals surface area contributed by atoms with Crippen molar-refractivity contribution in [2.75, 3.05) is 13.1 Å². The van der Waals surface area contributed by atoms with Crippen LogP contribution in [-0.4, -0.2) is 32.8 Å². The molecule has 1 aliphatic rings. The molecule has 1 aliphatic heterocycles. The Labute approximate surface area is 167 Å². The predicted octanol–water partition coefficient (Wildman–Crippen LogP) is 5.74. The third-order valence-corrected chi connectivity index (χ3v) is 9.90. The fourth-order valence-electron chi connectivity index (χ4n) is 3.95. The van der Waals surface area contributed by atoms with Gasteiger partial charge in [0.05, 0.1) is 17.8 Å². The molecule has 1 atom stereocenters. The van der Waals surface area contributed by atoms with Crippen LogP contribution in [0.5, 0.6) is 0 Å². The summed E-state index contributed by atoms with van der Waals surface area (Å²) in [4.78, 5) is 14.9. The number of rotatable bonds is 4. The summed E-state index contributed by atoms with van der Waals surface area (Å²) in [7, 11) is -2.15. The highest BCUT2D eigenvalue weighted by Crippen LogP contribution is 2.64. The number of hydrogen-bond donors (Lipinski definition) is 0. The highest BCUT2D eigenvalue weighted by Gasteiger charge is 2.41. The minimum atomic E-state index is -2.15. The van der Waals surface area contributed by atoms with Gasteiger partial charge >= 0.3 is 0 Å². The lowest BCUT2D eigenvalue weighted by molar-refractivity contribution is -0.384. The molecule has 0 bridgehead atoms. The third kappa shape index (κ3) is 4.18. The minimum absolute atomic E-state index is 0.0829. The molecule has 0 radical (unpaired) electrons. The van der Waals surface area contributed by atoms with Crippen LogP contribution in [0.25, 0.3) is 0 Å². The van der Waals surface area contributed by atoms with Gasteiger partial charge in [-0.15, -0.1) is 0 Å². The van der Waals surface area contributed by atoms with E-state index in [2.05, 4.69) is 42.6 Å². The summed E-state index contributed by atoms with van der Waals surface area (Å²) in [6.45, 7) is 8.86. The van der Waals surface area contributed by atoms with Crippen LogP contribution in [-0.2, 0) is 0 Å². The third-order valence-electron chi connectivity index (χ3n) is 5.27. The highest BCUT2D eigenvalue weighted by atomic mass is 31.2. The Morgan fingerprint density at radius 3 is 2.07 bits per heavy atom.